The molecule has 1 aliphatic heterocycles. The van der Waals surface area contributed by atoms with Crippen molar-refractivity contribution in [2.45, 2.75) is 18.9 Å². The van der Waals surface area contributed by atoms with Crippen LogP contribution in [0.4, 0.5) is 10.1 Å². The normalized spacial score (nSPS) is 17.8. The van der Waals surface area contributed by atoms with Gasteiger partial charge in [-0.25, -0.2) is 4.39 Å². The Morgan fingerprint density at radius 3 is 2.60 bits per heavy atom. The van der Waals surface area contributed by atoms with E-state index in [0.29, 0.717) is 11.6 Å². The van der Waals surface area contributed by atoms with Crippen LogP contribution in [0.15, 0.2) is 23.4 Å². The molecule has 0 aliphatic carbocycles. The van der Waals surface area contributed by atoms with Crippen molar-refractivity contribution >= 4 is 11.5 Å². The number of benzene rings is 1. The van der Waals surface area contributed by atoms with Gasteiger partial charge in [-0.05, 0) is 45.1 Å². The van der Waals surface area contributed by atoms with Crippen molar-refractivity contribution in [1.29, 1.82) is 0 Å². The van der Waals surface area contributed by atoms with Gasteiger partial charge < -0.3 is 20.7 Å². The average molecular weight is 280 g/mol. The molecule has 1 aromatic carbocycles. The predicted molar refractivity (Wildman–Crippen MR) is 77.8 cm³/mol. The maximum absolute atomic E-state index is 13.4. The molecule has 20 heavy (non-hydrogen) atoms. The maximum Gasteiger partial charge on any atom is 0.172 e. The van der Waals surface area contributed by atoms with Gasteiger partial charge in [-0.3, -0.25) is 0 Å². The molecule has 2 rings (SSSR count). The first-order chi connectivity index (χ1) is 9.52. The molecule has 0 unspecified atom stereocenters. The van der Waals surface area contributed by atoms with Crippen LogP contribution in [-0.2, 0) is 0 Å². The molecule has 1 heterocycles. The summed E-state index contributed by atoms with van der Waals surface area (Å²) in [5.74, 6) is -0.451. The van der Waals surface area contributed by atoms with Gasteiger partial charge in [0, 0.05) is 30.4 Å². The molecule has 0 aromatic heterocycles. The lowest BCUT2D eigenvalue weighted by molar-refractivity contribution is 0.249. The van der Waals surface area contributed by atoms with E-state index in [-0.39, 0.29) is 5.84 Å². The number of piperidine rings is 1. The Bertz CT molecular complexity index is 496. The van der Waals surface area contributed by atoms with Crippen molar-refractivity contribution in [3.05, 3.63) is 29.6 Å². The molecule has 0 spiro atoms. The van der Waals surface area contributed by atoms with Crippen LogP contribution in [0.25, 0.3) is 0 Å². The molecule has 0 amide bonds. The minimum atomic E-state index is -0.390. The van der Waals surface area contributed by atoms with Crippen LogP contribution in [-0.4, -0.2) is 49.2 Å². The first kappa shape index (κ1) is 14.6. The number of oxime groups is 1. The second kappa shape index (κ2) is 6.09. The van der Waals surface area contributed by atoms with Crippen LogP contribution in [0, 0.1) is 5.82 Å². The summed E-state index contributed by atoms with van der Waals surface area (Å²) in [7, 11) is 4.17. The van der Waals surface area contributed by atoms with Gasteiger partial charge in [0.15, 0.2) is 5.84 Å². The summed E-state index contributed by atoms with van der Waals surface area (Å²) >= 11 is 0. The van der Waals surface area contributed by atoms with E-state index < -0.39 is 5.82 Å². The molecule has 1 saturated heterocycles. The zero-order chi connectivity index (χ0) is 14.7. The number of hydrogen-bond acceptors (Lipinski definition) is 4. The summed E-state index contributed by atoms with van der Waals surface area (Å²) in [6.45, 7) is 1.75. The summed E-state index contributed by atoms with van der Waals surface area (Å²) in [5.41, 5.74) is 6.90. The summed E-state index contributed by atoms with van der Waals surface area (Å²) < 4.78 is 13.4. The molecule has 6 heteroatoms. The zero-order valence-electron chi connectivity index (χ0n) is 11.9. The van der Waals surface area contributed by atoms with E-state index in [1.807, 2.05) is 0 Å². The van der Waals surface area contributed by atoms with E-state index in [1.165, 1.54) is 12.1 Å². The van der Waals surface area contributed by atoms with Gasteiger partial charge in [0.25, 0.3) is 0 Å². The van der Waals surface area contributed by atoms with E-state index in [2.05, 4.69) is 29.1 Å². The minimum Gasteiger partial charge on any atom is -0.409 e. The molecule has 1 aliphatic rings. The van der Waals surface area contributed by atoms with Crippen LogP contribution in [0.1, 0.15) is 18.4 Å². The lowest BCUT2D eigenvalue weighted by Crippen LogP contribution is -2.42. The van der Waals surface area contributed by atoms with Crippen molar-refractivity contribution in [2.75, 3.05) is 32.1 Å². The first-order valence-electron chi connectivity index (χ1n) is 6.71. The van der Waals surface area contributed by atoms with Gasteiger partial charge in [0.2, 0.25) is 0 Å². The molecule has 0 atom stereocenters. The van der Waals surface area contributed by atoms with Gasteiger partial charge in [0.1, 0.15) is 5.82 Å². The number of nitrogens with zero attached hydrogens (tertiary/aromatic N) is 3. The average Bonchev–Trinajstić information content (AvgIpc) is 2.46. The van der Waals surface area contributed by atoms with Crippen molar-refractivity contribution in [1.82, 2.24) is 4.90 Å². The fourth-order valence-corrected chi connectivity index (χ4v) is 2.67. The highest BCUT2D eigenvalue weighted by Crippen LogP contribution is 2.26. The molecular weight excluding hydrogens is 259 g/mol. The van der Waals surface area contributed by atoms with Crippen LogP contribution < -0.4 is 10.6 Å². The largest absolute Gasteiger partial charge is 0.409 e. The number of halogens is 1. The number of hydrogen-bond donors (Lipinski definition) is 2. The molecule has 0 bridgehead atoms. The van der Waals surface area contributed by atoms with Crippen LogP contribution >= 0.6 is 0 Å². The highest BCUT2D eigenvalue weighted by Gasteiger charge is 2.23. The third-order valence-electron chi connectivity index (χ3n) is 3.88. The van der Waals surface area contributed by atoms with Crippen molar-refractivity contribution < 1.29 is 9.60 Å². The van der Waals surface area contributed by atoms with E-state index in [1.54, 1.807) is 6.07 Å². The quantitative estimate of drug-likeness (QED) is 0.381. The fraction of sp³-hybridized carbons (Fsp3) is 0.500. The predicted octanol–water partition coefficient (Wildman–Crippen LogP) is 1.45. The Labute approximate surface area is 118 Å². The third-order valence-corrected chi connectivity index (χ3v) is 3.88. The van der Waals surface area contributed by atoms with Crippen molar-refractivity contribution in [2.24, 2.45) is 10.9 Å². The molecule has 0 saturated carbocycles. The van der Waals surface area contributed by atoms with Crippen molar-refractivity contribution in [3.63, 3.8) is 0 Å². The second-order valence-corrected chi connectivity index (χ2v) is 5.33. The van der Waals surface area contributed by atoms with Crippen LogP contribution in [0.5, 0.6) is 0 Å². The van der Waals surface area contributed by atoms with Gasteiger partial charge in [-0.1, -0.05) is 5.16 Å². The zero-order valence-corrected chi connectivity index (χ0v) is 11.9. The number of amidine groups is 1. The highest BCUT2D eigenvalue weighted by molar-refractivity contribution is 6.02. The topological polar surface area (TPSA) is 65.1 Å². The minimum absolute atomic E-state index is 0.0609. The van der Waals surface area contributed by atoms with Crippen LogP contribution in [0.2, 0.25) is 0 Å². The molecular formula is C14H21FN4O. The summed E-state index contributed by atoms with van der Waals surface area (Å²) in [4.78, 5) is 4.39. The molecule has 1 aromatic rings. The van der Waals surface area contributed by atoms with E-state index in [9.17, 15) is 4.39 Å². The Hall–Kier alpha value is -1.82. The summed E-state index contributed by atoms with van der Waals surface area (Å²) in [6.07, 6.45) is 2.08. The summed E-state index contributed by atoms with van der Waals surface area (Å²) in [6, 6.07) is 4.97. The summed E-state index contributed by atoms with van der Waals surface area (Å²) in [5, 5.41) is 11.8. The third kappa shape index (κ3) is 3.01. The molecule has 0 radical (unpaired) electrons. The molecule has 1 fully saturated rings. The van der Waals surface area contributed by atoms with Crippen LogP contribution in [0.3, 0.4) is 0 Å². The molecule has 110 valence electrons. The Balaban J connectivity index is 2.22. The van der Waals surface area contributed by atoms with Gasteiger partial charge in [0.05, 0.1) is 0 Å². The lowest BCUT2D eigenvalue weighted by atomic mass is 10.0. The number of nitrogens with two attached hydrogens (primary N) is 1. The fourth-order valence-electron chi connectivity index (χ4n) is 2.67. The van der Waals surface area contributed by atoms with E-state index in [4.69, 9.17) is 10.9 Å². The van der Waals surface area contributed by atoms with Gasteiger partial charge >= 0.3 is 0 Å². The van der Waals surface area contributed by atoms with Gasteiger partial charge in [-0.15, -0.1) is 0 Å². The SMILES string of the molecule is CN(C)C1CCN(c2ccc(F)cc2C(N)=NO)CC1. The Kier molecular flexibility index (Phi) is 4.44. The Morgan fingerprint density at radius 2 is 2.05 bits per heavy atom. The number of anilines is 1. The monoisotopic (exact) mass is 280 g/mol. The molecule has 5 nitrogen and oxygen atoms in total. The Morgan fingerprint density at radius 1 is 1.40 bits per heavy atom. The lowest BCUT2D eigenvalue weighted by Gasteiger charge is -2.37. The highest BCUT2D eigenvalue weighted by atomic mass is 19.1. The van der Waals surface area contributed by atoms with E-state index >= 15 is 0 Å². The van der Waals surface area contributed by atoms with E-state index in [0.717, 1.165) is 31.6 Å². The van der Waals surface area contributed by atoms with Crippen molar-refractivity contribution in [3.8, 4) is 0 Å². The van der Waals surface area contributed by atoms with Gasteiger partial charge in [-0.2, -0.15) is 0 Å². The maximum atomic E-state index is 13.4. The molecule has 3 N–H and O–H groups in total. The first-order valence-corrected chi connectivity index (χ1v) is 6.71. The number of rotatable bonds is 3. The second-order valence-electron chi connectivity index (χ2n) is 5.33. The standard InChI is InChI=1S/C14H21FN4O/c1-18(2)11-5-7-19(8-6-11)13-4-3-10(15)9-12(13)14(16)17-20/h3-4,9,11,20H,5-8H2,1-2H3,(H2,16,17). The smallest absolute Gasteiger partial charge is 0.172 e.